The zero-order chi connectivity index (χ0) is 12.7. The van der Waals surface area contributed by atoms with Gasteiger partial charge in [-0.2, -0.15) is 0 Å². The Bertz CT molecular complexity index is 295. The van der Waals surface area contributed by atoms with E-state index in [1.54, 1.807) is 0 Å². The molecule has 1 aromatic rings. The third-order valence-electron chi connectivity index (χ3n) is 3.02. The quantitative estimate of drug-likeness (QED) is 0.786. The van der Waals surface area contributed by atoms with Crippen molar-refractivity contribution >= 4 is 0 Å². The molecule has 0 unspecified atom stereocenters. The van der Waals surface area contributed by atoms with Gasteiger partial charge in [-0.1, -0.05) is 44.2 Å². The van der Waals surface area contributed by atoms with Crippen LogP contribution in [0.5, 0.6) is 0 Å². The van der Waals surface area contributed by atoms with E-state index in [-0.39, 0.29) is 12.2 Å². The molecule has 0 saturated carbocycles. The van der Waals surface area contributed by atoms with Crippen LogP contribution in [0.4, 0.5) is 0 Å². The zero-order valence-electron chi connectivity index (χ0n) is 11.1. The first-order valence-electron chi connectivity index (χ1n) is 6.43. The Morgan fingerprint density at radius 1 is 1.06 bits per heavy atom. The van der Waals surface area contributed by atoms with Crippen LogP contribution in [0.3, 0.4) is 0 Å². The standard InChI is InChI=1S/C15H24O2/c1-12(2)15(16)10-9-13(3)17-11-14-7-5-4-6-8-14/h4-8,12-13,15-16H,9-11H2,1-3H3/t13-,15-/m1/s1. The van der Waals surface area contributed by atoms with Crippen LogP contribution in [-0.2, 0) is 11.3 Å². The lowest BCUT2D eigenvalue weighted by atomic mass is 10.0. The van der Waals surface area contributed by atoms with E-state index < -0.39 is 0 Å². The maximum absolute atomic E-state index is 9.71. The first kappa shape index (κ1) is 14.2. The van der Waals surface area contributed by atoms with Crippen LogP contribution in [0.1, 0.15) is 39.2 Å². The van der Waals surface area contributed by atoms with Crippen LogP contribution < -0.4 is 0 Å². The van der Waals surface area contributed by atoms with Crippen LogP contribution in [-0.4, -0.2) is 17.3 Å². The Hall–Kier alpha value is -0.860. The van der Waals surface area contributed by atoms with Crippen molar-refractivity contribution in [2.24, 2.45) is 5.92 Å². The third kappa shape index (κ3) is 5.85. The van der Waals surface area contributed by atoms with Crippen LogP contribution in [0.25, 0.3) is 0 Å². The molecule has 1 rings (SSSR count). The van der Waals surface area contributed by atoms with Gasteiger partial charge in [-0.25, -0.2) is 0 Å². The van der Waals surface area contributed by atoms with Crippen LogP contribution in [0, 0.1) is 5.92 Å². The van der Waals surface area contributed by atoms with E-state index in [2.05, 4.69) is 19.1 Å². The molecule has 1 N–H and O–H groups in total. The predicted molar refractivity (Wildman–Crippen MR) is 70.8 cm³/mol. The highest BCUT2D eigenvalue weighted by Crippen LogP contribution is 2.12. The molecule has 0 aliphatic heterocycles. The second-order valence-electron chi connectivity index (χ2n) is 5.00. The molecule has 0 aliphatic carbocycles. The minimum atomic E-state index is -0.210. The molecule has 17 heavy (non-hydrogen) atoms. The number of benzene rings is 1. The van der Waals surface area contributed by atoms with E-state index in [1.165, 1.54) is 5.56 Å². The molecule has 0 saturated heterocycles. The largest absolute Gasteiger partial charge is 0.393 e. The number of aliphatic hydroxyl groups is 1. The third-order valence-corrected chi connectivity index (χ3v) is 3.02. The summed E-state index contributed by atoms with van der Waals surface area (Å²) in [6, 6.07) is 10.2. The first-order chi connectivity index (χ1) is 8.09. The summed E-state index contributed by atoms with van der Waals surface area (Å²) in [5, 5.41) is 9.71. The summed E-state index contributed by atoms with van der Waals surface area (Å²) in [7, 11) is 0. The van der Waals surface area contributed by atoms with Crippen LogP contribution in [0.2, 0.25) is 0 Å². The topological polar surface area (TPSA) is 29.5 Å². The number of ether oxygens (including phenoxy) is 1. The Morgan fingerprint density at radius 3 is 2.29 bits per heavy atom. The summed E-state index contributed by atoms with van der Waals surface area (Å²) in [5.74, 6) is 0.330. The fourth-order valence-electron chi connectivity index (χ4n) is 1.63. The SMILES string of the molecule is CC(C)[C@H](O)CC[C@@H](C)OCc1ccccc1. The summed E-state index contributed by atoms with van der Waals surface area (Å²) < 4.78 is 5.75. The molecule has 0 bridgehead atoms. The maximum atomic E-state index is 9.71. The summed E-state index contributed by atoms with van der Waals surface area (Å²) in [6.07, 6.45) is 1.71. The van der Waals surface area contributed by atoms with Crippen molar-refractivity contribution in [2.75, 3.05) is 0 Å². The van der Waals surface area contributed by atoms with Gasteiger partial charge in [-0.15, -0.1) is 0 Å². The Labute approximate surface area is 105 Å². The minimum absolute atomic E-state index is 0.198. The van der Waals surface area contributed by atoms with Crippen LogP contribution >= 0.6 is 0 Å². The molecule has 2 atom stereocenters. The van der Waals surface area contributed by atoms with E-state index in [1.807, 2.05) is 32.0 Å². The molecule has 1 aromatic carbocycles. The fourth-order valence-corrected chi connectivity index (χ4v) is 1.63. The maximum Gasteiger partial charge on any atom is 0.0720 e. The second-order valence-corrected chi connectivity index (χ2v) is 5.00. The smallest absolute Gasteiger partial charge is 0.0720 e. The van der Waals surface area contributed by atoms with Gasteiger partial charge in [0.1, 0.15) is 0 Å². The lowest BCUT2D eigenvalue weighted by Gasteiger charge is -2.18. The summed E-state index contributed by atoms with van der Waals surface area (Å²) in [5.41, 5.74) is 1.20. The van der Waals surface area contributed by atoms with Gasteiger partial charge in [-0.05, 0) is 31.2 Å². The predicted octanol–water partition coefficient (Wildman–Crippen LogP) is 3.39. The van der Waals surface area contributed by atoms with Crippen molar-refractivity contribution in [3.8, 4) is 0 Å². The van der Waals surface area contributed by atoms with Crippen molar-refractivity contribution in [2.45, 2.75) is 52.4 Å². The highest BCUT2D eigenvalue weighted by atomic mass is 16.5. The molecule has 0 aromatic heterocycles. The lowest BCUT2D eigenvalue weighted by Crippen LogP contribution is -2.18. The zero-order valence-corrected chi connectivity index (χ0v) is 11.1. The number of hydrogen-bond donors (Lipinski definition) is 1. The molecular weight excluding hydrogens is 212 g/mol. The van der Waals surface area contributed by atoms with E-state index in [0.717, 1.165) is 12.8 Å². The van der Waals surface area contributed by atoms with Gasteiger partial charge in [0.15, 0.2) is 0 Å². The highest BCUT2D eigenvalue weighted by Gasteiger charge is 2.11. The molecule has 0 spiro atoms. The molecule has 0 radical (unpaired) electrons. The molecule has 0 fully saturated rings. The summed E-state index contributed by atoms with van der Waals surface area (Å²) in [6.45, 7) is 6.80. The minimum Gasteiger partial charge on any atom is -0.393 e. The van der Waals surface area contributed by atoms with E-state index in [4.69, 9.17) is 4.74 Å². The van der Waals surface area contributed by atoms with Crippen molar-refractivity contribution in [1.29, 1.82) is 0 Å². The van der Waals surface area contributed by atoms with Gasteiger partial charge < -0.3 is 9.84 Å². The molecular formula is C15H24O2. The van der Waals surface area contributed by atoms with Crippen molar-refractivity contribution in [1.82, 2.24) is 0 Å². The molecule has 0 aliphatic rings. The van der Waals surface area contributed by atoms with E-state index in [9.17, 15) is 5.11 Å². The van der Waals surface area contributed by atoms with Gasteiger partial charge in [0.05, 0.1) is 18.8 Å². The average Bonchev–Trinajstić information content (AvgIpc) is 2.34. The number of aliphatic hydroxyl groups excluding tert-OH is 1. The normalized spacial score (nSPS) is 14.9. The molecule has 96 valence electrons. The van der Waals surface area contributed by atoms with Gasteiger partial charge in [0.25, 0.3) is 0 Å². The number of rotatable bonds is 7. The Balaban J connectivity index is 2.19. The fraction of sp³-hybridized carbons (Fsp3) is 0.600. The molecule has 0 amide bonds. The van der Waals surface area contributed by atoms with E-state index in [0.29, 0.717) is 12.5 Å². The van der Waals surface area contributed by atoms with E-state index >= 15 is 0 Å². The van der Waals surface area contributed by atoms with Crippen molar-refractivity contribution in [3.63, 3.8) is 0 Å². The monoisotopic (exact) mass is 236 g/mol. The highest BCUT2D eigenvalue weighted by molar-refractivity contribution is 5.13. The number of hydrogen-bond acceptors (Lipinski definition) is 2. The lowest BCUT2D eigenvalue weighted by molar-refractivity contribution is 0.0292. The Morgan fingerprint density at radius 2 is 1.71 bits per heavy atom. The molecule has 2 nitrogen and oxygen atoms in total. The summed E-state index contributed by atoms with van der Waals surface area (Å²) >= 11 is 0. The molecule has 0 heterocycles. The van der Waals surface area contributed by atoms with Gasteiger partial charge in [0.2, 0.25) is 0 Å². The van der Waals surface area contributed by atoms with Gasteiger partial charge in [0, 0.05) is 0 Å². The average molecular weight is 236 g/mol. The Kier molecular flexibility index (Phi) is 6.23. The van der Waals surface area contributed by atoms with Crippen LogP contribution in [0.15, 0.2) is 30.3 Å². The summed E-state index contributed by atoms with van der Waals surface area (Å²) in [4.78, 5) is 0. The first-order valence-corrected chi connectivity index (χ1v) is 6.43. The van der Waals surface area contributed by atoms with Gasteiger partial charge >= 0.3 is 0 Å². The molecule has 2 heteroatoms. The van der Waals surface area contributed by atoms with Gasteiger partial charge in [-0.3, -0.25) is 0 Å². The van der Waals surface area contributed by atoms with Crippen molar-refractivity contribution < 1.29 is 9.84 Å². The second kappa shape index (κ2) is 7.46. The van der Waals surface area contributed by atoms with Crippen molar-refractivity contribution in [3.05, 3.63) is 35.9 Å².